The highest BCUT2D eigenvalue weighted by atomic mass is 79.9. The Hall–Kier alpha value is -0.610. The normalized spacial score (nSPS) is 19.4. The van der Waals surface area contributed by atoms with Gasteiger partial charge in [-0.2, -0.15) is 0 Å². The molecule has 1 N–H and O–H groups in total. The van der Waals surface area contributed by atoms with E-state index in [0.717, 1.165) is 37.1 Å². The van der Waals surface area contributed by atoms with Crippen molar-refractivity contribution in [2.24, 2.45) is 0 Å². The first-order valence-corrected chi connectivity index (χ1v) is 6.86. The third-order valence-corrected chi connectivity index (χ3v) is 3.53. The molecule has 0 aromatic heterocycles. The highest BCUT2D eigenvalue weighted by molar-refractivity contribution is 9.10. The van der Waals surface area contributed by atoms with Crippen LogP contribution >= 0.6 is 15.9 Å². The van der Waals surface area contributed by atoms with Crippen molar-refractivity contribution in [3.63, 3.8) is 0 Å². The number of ether oxygens (including phenoxy) is 1. The molecule has 1 aliphatic heterocycles. The van der Waals surface area contributed by atoms with Gasteiger partial charge >= 0.3 is 0 Å². The number of nitrogens with one attached hydrogen (secondary N) is 1. The fraction of sp³-hybridized carbons (Fsp3) is 0.538. The van der Waals surface area contributed by atoms with Gasteiger partial charge in [0.15, 0.2) is 0 Å². The first-order valence-electron chi connectivity index (χ1n) is 6.07. The summed E-state index contributed by atoms with van der Waals surface area (Å²) in [6, 6.07) is 3.24. The third-order valence-electron chi connectivity index (χ3n) is 2.94. The Balaban J connectivity index is 2.33. The molecule has 0 aliphatic carbocycles. The lowest BCUT2D eigenvalue weighted by molar-refractivity contribution is 0.313. The molecule has 1 atom stereocenters. The van der Waals surface area contributed by atoms with Crippen molar-refractivity contribution in [2.45, 2.75) is 32.2 Å². The average Bonchev–Trinajstić information content (AvgIpc) is 2.49. The zero-order chi connectivity index (χ0) is 12.3. The lowest BCUT2D eigenvalue weighted by Crippen LogP contribution is -2.21. The monoisotopic (exact) mass is 301 g/mol. The summed E-state index contributed by atoms with van der Waals surface area (Å²) in [6.07, 6.45) is 3.05. The molecule has 0 bridgehead atoms. The summed E-state index contributed by atoms with van der Waals surface area (Å²) in [4.78, 5) is 0. The Labute approximate surface area is 110 Å². The molecule has 1 aromatic carbocycles. The van der Waals surface area contributed by atoms with Gasteiger partial charge in [-0.05, 0) is 53.9 Å². The van der Waals surface area contributed by atoms with E-state index < -0.39 is 0 Å². The number of halogens is 2. The summed E-state index contributed by atoms with van der Waals surface area (Å²) in [6.45, 7) is 3.77. The summed E-state index contributed by atoms with van der Waals surface area (Å²) in [5, 5.41) is 3.45. The summed E-state index contributed by atoms with van der Waals surface area (Å²) >= 11 is 3.37. The number of rotatable bonds is 3. The van der Waals surface area contributed by atoms with Gasteiger partial charge in [0.1, 0.15) is 11.6 Å². The van der Waals surface area contributed by atoms with Crippen molar-refractivity contribution < 1.29 is 9.13 Å². The van der Waals surface area contributed by atoms with Crippen LogP contribution in [0.1, 0.15) is 37.8 Å². The predicted octanol–water partition coefficient (Wildman–Crippen LogP) is 3.80. The standard InChI is InChI=1S/C13H17BrFNO/c1-2-5-16-12-4-3-6-17-13-10(12)7-9(15)8-11(13)14/h7-8,12,16H,2-6H2,1H3. The number of hydrogen-bond donors (Lipinski definition) is 1. The van der Waals surface area contributed by atoms with E-state index in [9.17, 15) is 4.39 Å². The van der Waals surface area contributed by atoms with Crippen LogP contribution in [0.2, 0.25) is 0 Å². The van der Waals surface area contributed by atoms with Gasteiger partial charge in [0.25, 0.3) is 0 Å². The van der Waals surface area contributed by atoms with Crippen LogP contribution < -0.4 is 10.1 Å². The Morgan fingerprint density at radius 2 is 2.35 bits per heavy atom. The molecule has 0 saturated heterocycles. The highest BCUT2D eigenvalue weighted by Crippen LogP contribution is 2.37. The molecule has 0 spiro atoms. The molecule has 0 saturated carbocycles. The van der Waals surface area contributed by atoms with Crippen LogP contribution in [-0.2, 0) is 0 Å². The van der Waals surface area contributed by atoms with Crippen molar-refractivity contribution >= 4 is 15.9 Å². The Morgan fingerprint density at radius 1 is 1.53 bits per heavy atom. The van der Waals surface area contributed by atoms with E-state index in [1.807, 2.05) is 0 Å². The summed E-state index contributed by atoms with van der Waals surface area (Å²) < 4.78 is 19.9. The molecular weight excluding hydrogens is 285 g/mol. The smallest absolute Gasteiger partial charge is 0.138 e. The quantitative estimate of drug-likeness (QED) is 0.917. The van der Waals surface area contributed by atoms with Gasteiger partial charge in [-0.25, -0.2) is 4.39 Å². The van der Waals surface area contributed by atoms with Crippen LogP contribution in [0.3, 0.4) is 0 Å². The Kier molecular flexibility index (Phi) is 4.40. The Bertz CT molecular complexity index is 397. The molecule has 1 heterocycles. The van der Waals surface area contributed by atoms with E-state index in [4.69, 9.17) is 4.74 Å². The molecule has 0 radical (unpaired) electrons. The zero-order valence-electron chi connectivity index (χ0n) is 9.93. The van der Waals surface area contributed by atoms with Gasteiger partial charge in [-0.15, -0.1) is 0 Å². The highest BCUT2D eigenvalue weighted by Gasteiger charge is 2.22. The van der Waals surface area contributed by atoms with Crippen LogP contribution in [0.4, 0.5) is 4.39 Å². The lowest BCUT2D eigenvalue weighted by Gasteiger charge is -2.18. The number of benzene rings is 1. The van der Waals surface area contributed by atoms with Crippen molar-refractivity contribution in [2.75, 3.05) is 13.2 Å². The summed E-state index contributed by atoms with van der Waals surface area (Å²) in [5.41, 5.74) is 0.933. The second-order valence-corrected chi connectivity index (χ2v) is 5.16. The topological polar surface area (TPSA) is 21.3 Å². The third kappa shape index (κ3) is 2.99. The molecule has 2 nitrogen and oxygen atoms in total. The van der Waals surface area contributed by atoms with Crippen LogP contribution in [0, 0.1) is 5.82 Å². The minimum absolute atomic E-state index is 0.194. The van der Waals surface area contributed by atoms with E-state index in [-0.39, 0.29) is 11.9 Å². The van der Waals surface area contributed by atoms with E-state index >= 15 is 0 Å². The van der Waals surface area contributed by atoms with E-state index in [1.165, 1.54) is 6.07 Å². The molecule has 0 fully saturated rings. The Morgan fingerprint density at radius 3 is 3.12 bits per heavy atom. The first-order chi connectivity index (χ1) is 8.22. The maximum atomic E-state index is 13.5. The maximum absolute atomic E-state index is 13.5. The van der Waals surface area contributed by atoms with Crippen LogP contribution in [0.15, 0.2) is 16.6 Å². The van der Waals surface area contributed by atoms with E-state index in [0.29, 0.717) is 11.1 Å². The SMILES string of the molecule is CCCNC1CCCOc2c(Br)cc(F)cc21. The van der Waals surface area contributed by atoms with Gasteiger partial charge < -0.3 is 10.1 Å². The van der Waals surface area contributed by atoms with Crippen LogP contribution in [-0.4, -0.2) is 13.2 Å². The van der Waals surface area contributed by atoms with Gasteiger partial charge in [-0.3, -0.25) is 0 Å². The lowest BCUT2D eigenvalue weighted by atomic mass is 10.0. The molecule has 1 aromatic rings. The largest absolute Gasteiger partial charge is 0.492 e. The molecule has 1 unspecified atom stereocenters. The van der Waals surface area contributed by atoms with Crippen molar-refractivity contribution in [1.82, 2.24) is 5.32 Å². The van der Waals surface area contributed by atoms with Gasteiger partial charge in [-0.1, -0.05) is 6.92 Å². The maximum Gasteiger partial charge on any atom is 0.138 e. The van der Waals surface area contributed by atoms with Crippen molar-refractivity contribution in [1.29, 1.82) is 0 Å². The molecule has 2 rings (SSSR count). The second-order valence-electron chi connectivity index (χ2n) is 4.30. The van der Waals surface area contributed by atoms with Crippen molar-refractivity contribution in [3.8, 4) is 5.75 Å². The van der Waals surface area contributed by atoms with Crippen LogP contribution in [0.25, 0.3) is 0 Å². The molecule has 94 valence electrons. The fourth-order valence-corrected chi connectivity index (χ4v) is 2.70. The zero-order valence-corrected chi connectivity index (χ0v) is 11.5. The second kappa shape index (κ2) is 5.83. The van der Waals surface area contributed by atoms with Gasteiger partial charge in [0.05, 0.1) is 11.1 Å². The first kappa shape index (κ1) is 12.8. The average molecular weight is 302 g/mol. The molecule has 17 heavy (non-hydrogen) atoms. The molecule has 1 aliphatic rings. The van der Waals surface area contributed by atoms with Crippen LogP contribution in [0.5, 0.6) is 5.75 Å². The molecule has 0 amide bonds. The molecule has 4 heteroatoms. The van der Waals surface area contributed by atoms with Gasteiger partial charge in [0.2, 0.25) is 0 Å². The van der Waals surface area contributed by atoms with E-state index in [2.05, 4.69) is 28.2 Å². The fourth-order valence-electron chi connectivity index (χ4n) is 2.14. The summed E-state index contributed by atoms with van der Waals surface area (Å²) in [5.74, 6) is 0.571. The minimum Gasteiger partial charge on any atom is -0.492 e. The number of hydrogen-bond acceptors (Lipinski definition) is 2. The predicted molar refractivity (Wildman–Crippen MR) is 69.9 cm³/mol. The van der Waals surface area contributed by atoms with E-state index in [1.54, 1.807) is 6.07 Å². The molecular formula is C13H17BrFNO. The van der Waals surface area contributed by atoms with Crippen molar-refractivity contribution in [3.05, 3.63) is 28.0 Å². The summed E-state index contributed by atoms with van der Waals surface area (Å²) in [7, 11) is 0. The number of fused-ring (bicyclic) bond motifs is 1. The minimum atomic E-state index is -0.218. The van der Waals surface area contributed by atoms with Gasteiger partial charge in [0, 0.05) is 11.6 Å².